The van der Waals surface area contributed by atoms with Crippen molar-refractivity contribution in [1.29, 1.82) is 0 Å². The van der Waals surface area contributed by atoms with Crippen LogP contribution in [-0.2, 0) is 0 Å². The summed E-state index contributed by atoms with van der Waals surface area (Å²) in [5, 5.41) is 0. The van der Waals surface area contributed by atoms with E-state index in [0.717, 1.165) is 12.5 Å². The van der Waals surface area contributed by atoms with E-state index in [1.54, 1.807) is 0 Å². The molecule has 0 radical (unpaired) electrons. The largest absolute Gasteiger partial charge is 0.330 e. The van der Waals surface area contributed by atoms with E-state index in [0.29, 0.717) is 0 Å². The molecule has 0 heterocycles. The molecule has 0 saturated carbocycles. The second-order valence-corrected chi connectivity index (χ2v) is 4.17. The van der Waals surface area contributed by atoms with Crippen molar-refractivity contribution in [2.75, 3.05) is 6.54 Å². The summed E-state index contributed by atoms with van der Waals surface area (Å²) in [6.07, 6.45) is 12.6. The Morgan fingerprint density at radius 1 is 1.14 bits per heavy atom. The molecule has 14 heavy (non-hydrogen) atoms. The molecule has 84 valence electrons. The lowest BCUT2D eigenvalue weighted by Crippen LogP contribution is -2.05. The highest BCUT2D eigenvalue weighted by molar-refractivity contribution is 4.73. The first-order valence-electron chi connectivity index (χ1n) is 6.16. The monoisotopic (exact) mass is 197 g/mol. The molecule has 0 aromatic rings. The molecule has 0 fully saturated rings. The summed E-state index contributed by atoms with van der Waals surface area (Å²) >= 11 is 0. The van der Waals surface area contributed by atoms with Crippen molar-refractivity contribution in [1.82, 2.24) is 0 Å². The van der Waals surface area contributed by atoms with Gasteiger partial charge in [0.2, 0.25) is 0 Å². The summed E-state index contributed by atoms with van der Waals surface area (Å²) in [4.78, 5) is 0. The maximum absolute atomic E-state index is 5.52. The molecule has 0 amide bonds. The lowest BCUT2D eigenvalue weighted by atomic mass is 9.93. The van der Waals surface area contributed by atoms with Gasteiger partial charge in [0.1, 0.15) is 0 Å². The van der Waals surface area contributed by atoms with Crippen LogP contribution in [0.25, 0.3) is 0 Å². The lowest BCUT2D eigenvalue weighted by Gasteiger charge is -2.13. The molecule has 1 atom stereocenters. The molecule has 0 aliphatic carbocycles. The minimum Gasteiger partial charge on any atom is -0.330 e. The van der Waals surface area contributed by atoms with Crippen LogP contribution in [0.15, 0.2) is 12.7 Å². The molecule has 1 unspecified atom stereocenters. The van der Waals surface area contributed by atoms with Gasteiger partial charge in [0, 0.05) is 0 Å². The Bertz CT molecular complexity index is 120. The lowest BCUT2D eigenvalue weighted by molar-refractivity contribution is 0.421. The molecular formula is C13H27N. The molecule has 1 heteroatoms. The summed E-state index contributed by atoms with van der Waals surface area (Å²) in [5.41, 5.74) is 5.52. The van der Waals surface area contributed by atoms with Crippen molar-refractivity contribution in [3.8, 4) is 0 Å². The highest BCUT2D eigenvalue weighted by Crippen LogP contribution is 2.19. The number of rotatable bonds is 10. The second-order valence-electron chi connectivity index (χ2n) is 4.17. The van der Waals surface area contributed by atoms with Gasteiger partial charge in [-0.05, 0) is 31.7 Å². The van der Waals surface area contributed by atoms with Gasteiger partial charge in [-0.1, -0.05) is 45.1 Å². The highest BCUT2D eigenvalue weighted by Gasteiger charge is 2.05. The average Bonchev–Trinajstić information content (AvgIpc) is 2.20. The molecule has 1 nitrogen and oxygen atoms in total. The minimum absolute atomic E-state index is 0.836. The van der Waals surface area contributed by atoms with Crippen molar-refractivity contribution in [2.24, 2.45) is 11.7 Å². The Morgan fingerprint density at radius 2 is 1.86 bits per heavy atom. The van der Waals surface area contributed by atoms with Gasteiger partial charge in [-0.25, -0.2) is 0 Å². The average molecular weight is 197 g/mol. The van der Waals surface area contributed by atoms with Gasteiger partial charge in [-0.3, -0.25) is 0 Å². The molecule has 0 aromatic heterocycles. The molecule has 0 rings (SSSR count). The molecule has 2 N–H and O–H groups in total. The standard InChI is InChI=1S/C13H27N/c1-3-5-6-7-10-13(9-4-2)11-8-12-14/h4,13H,2-3,5-12,14H2,1H3. The van der Waals surface area contributed by atoms with Gasteiger partial charge in [0.05, 0.1) is 0 Å². The van der Waals surface area contributed by atoms with E-state index < -0.39 is 0 Å². The van der Waals surface area contributed by atoms with E-state index in [2.05, 4.69) is 19.6 Å². The summed E-state index contributed by atoms with van der Waals surface area (Å²) in [6.45, 7) is 6.92. The Labute approximate surface area is 89.8 Å². The topological polar surface area (TPSA) is 26.0 Å². The van der Waals surface area contributed by atoms with Crippen LogP contribution >= 0.6 is 0 Å². The van der Waals surface area contributed by atoms with Gasteiger partial charge in [-0.2, -0.15) is 0 Å². The van der Waals surface area contributed by atoms with Crippen LogP contribution in [0.4, 0.5) is 0 Å². The molecule has 0 aromatic carbocycles. The third kappa shape index (κ3) is 8.31. The Balaban J connectivity index is 3.45. The van der Waals surface area contributed by atoms with Crippen molar-refractivity contribution in [3.63, 3.8) is 0 Å². The van der Waals surface area contributed by atoms with Gasteiger partial charge in [0.15, 0.2) is 0 Å². The fourth-order valence-electron chi connectivity index (χ4n) is 1.88. The van der Waals surface area contributed by atoms with Crippen molar-refractivity contribution < 1.29 is 0 Å². The highest BCUT2D eigenvalue weighted by atomic mass is 14.5. The Kier molecular flexibility index (Phi) is 10.5. The molecule has 0 saturated heterocycles. The predicted molar refractivity (Wildman–Crippen MR) is 65.4 cm³/mol. The van der Waals surface area contributed by atoms with Crippen LogP contribution in [0.5, 0.6) is 0 Å². The zero-order valence-electron chi connectivity index (χ0n) is 9.80. The fourth-order valence-corrected chi connectivity index (χ4v) is 1.88. The van der Waals surface area contributed by atoms with E-state index >= 15 is 0 Å². The Morgan fingerprint density at radius 3 is 2.43 bits per heavy atom. The molecule has 0 aliphatic rings. The first-order valence-corrected chi connectivity index (χ1v) is 6.16. The van der Waals surface area contributed by atoms with Crippen molar-refractivity contribution in [3.05, 3.63) is 12.7 Å². The molecule has 0 spiro atoms. The van der Waals surface area contributed by atoms with E-state index in [1.807, 2.05) is 0 Å². The van der Waals surface area contributed by atoms with Gasteiger partial charge in [-0.15, -0.1) is 6.58 Å². The van der Waals surface area contributed by atoms with Crippen LogP contribution in [0, 0.1) is 5.92 Å². The zero-order chi connectivity index (χ0) is 10.6. The van der Waals surface area contributed by atoms with Crippen molar-refractivity contribution in [2.45, 2.75) is 58.3 Å². The van der Waals surface area contributed by atoms with Gasteiger partial charge < -0.3 is 5.73 Å². The maximum atomic E-state index is 5.52. The van der Waals surface area contributed by atoms with Gasteiger partial charge in [0.25, 0.3) is 0 Å². The van der Waals surface area contributed by atoms with Crippen LogP contribution < -0.4 is 5.73 Å². The maximum Gasteiger partial charge on any atom is -0.00772 e. The van der Waals surface area contributed by atoms with Gasteiger partial charge >= 0.3 is 0 Å². The SMILES string of the molecule is C=CCC(CCCN)CCCCCC. The van der Waals surface area contributed by atoms with Crippen LogP contribution in [-0.4, -0.2) is 6.54 Å². The third-order valence-electron chi connectivity index (χ3n) is 2.78. The van der Waals surface area contributed by atoms with Crippen LogP contribution in [0.2, 0.25) is 0 Å². The van der Waals surface area contributed by atoms with Crippen molar-refractivity contribution >= 4 is 0 Å². The molecule has 0 bridgehead atoms. The first-order chi connectivity index (χ1) is 6.85. The molecular weight excluding hydrogens is 170 g/mol. The number of hydrogen-bond donors (Lipinski definition) is 1. The van der Waals surface area contributed by atoms with Crippen LogP contribution in [0.3, 0.4) is 0 Å². The second kappa shape index (κ2) is 10.8. The third-order valence-corrected chi connectivity index (χ3v) is 2.78. The zero-order valence-corrected chi connectivity index (χ0v) is 9.80. The minimum atomic E-state index is 0.836. The predicted octanol–water partition coefficient (Wildman–Crippen LogP) is 3.89. The Hall–Kier alpha value is -0.300. The van der Waals surface area contributed by atoms with Crippen LogP contribution in [0.1, 0.15) is 58.3 Å². The smallest absolute Gasteiger partial charge is 0.00772 e. The summed E-state index contributed by atoms with van der Waals surface area (Å²) in [5.74, 6) is 0.841. The molecule has 0 aliphatic heterocycles. The van der Waals surface area contributed by atoms with E-state index in [4.69, 9.17) is 5.73 Å². The summed E-state index contributed by atoms with van der Waals surface area (Å²) < 4.78 is 0. The quantitative estimate of drug-likeness (QED) is 0.417. The van der Waals surface area contributed by atoms with E-state index in [9.17, 15) is 0 Å². The normalized spacial score (nSPS) is 12.7. The number of unbranched alkanes of at least 4 members (excludes halogenated alkanes) is 3. The first kappa shape index (κ1) is 13.7. The fraction of sp³-hybridized carbons (Fsp3) is 0.846. The number of hydrogen-bond acceptors (Lipinski definition) is 1. The number of allylic oxidation sites excluding steroid dienone is 1. The number of nitrogens with two attached hydrogens (primary N) is 1. The summed E-state index contributed by atoms with van der Waals surface area (Å²) in [6, 6.07) is 0. The van der Waals surface area contributed by atoms with E-state index in [-0.39, 0.29) is 0 Å². The van der Waals surface area contributed by atoms with E-state index in [1.165, 1.54) is 51.4 Å². The summed E-state index contributed by atoms with van der Waals surface area (Å²) in [7, 11) is 0.